The van der Waals surface area contributed by atoms with Crippen molar-refractivity contribution in [3.8, 4) is 0 Å². The Morgan fingerprint density at radius 1 is 1.00 bits per heavy atom. The summed E-state index contributed by atoms with van der Waals surface area (Å²) in [6.07, 6.45) is -5.18. The molecule has 0 aliphatic heterocycles. The van der Waals surface area contributed by atoms with E-state index in [4.69, 9.17) is 0 Å². The lowest BCUT2D eigenvalue weighted by Crippen LogP contribution is -2.09. The van der Waals surface area contributed by atoms with Gasteiger partial charge in [-0.2, -0.15) is 13.2 Å². The van der Waals surface area contributed by atoms with Gasteiger partial charge in [-0.1, -0.05) is 50.1 Å². The second-order valence-electron chi connectivity index (χ2n) is 4.58. The topological polar surface area (TPSA) is 20.2 Å². The number of aliphatic hydroxyl groups excluding tert-OH is 1. The number of aliphatic hydroxyl groups is 1. The minimum Gasteiger partial charge on any atom is -0.388 e. The predicted molar refractivity (Wildman–Crippen MR) is 81.9 cm³/mol. The normalized spacial score (nSPS) is 13.2. The summed E-state index contributed by atoms with van der Waals surface area (Å²) in [7, 11) is 0. The lowest BCUT2D eigenvalue weighted by molar-refractivity contribution is -0.138. The van der Waals surface area contributed by atoms with E-state index in [1.807, 2.05) is 24.3 Å². The molecule has 0 amide bonds. The van der Waals surface area contributed by atoms with Crippen LogP contribution in [0.1, 0.15) is 22.8 Å². The molecule has 0 bridgehead atoms. The van der Waals surface area contributed by atoms with Crippen molar-refractivity contribution < 1.29 is 18.3 Å². The number of hydrogen-bond acceptors (Lipinski definition) is 1. The first-order chi connectivity index (χ1) is 9.77. The molecule has 1 unspecified atom stereocenters. The fourth-order valence-electron chi connectivity index (χ4n) is 1.93. The molecule has 0 spiro atoms. The van der Waals surface area contributed by atoms with Gasteiger partial charge >= 0.3 is 6.18 Å². The summed E-state index contributed by atoms with van der Waals surface area (Å²) in [5.74, 6) is 0. The maximum Gasteiger partial charge on any atom is 0.417 e. The molecule has 0 radical (unpaired) electrons. The van der Waals surface area contributed by atoms with Crippen LogP contribution in [-0.4, -0.2) is 5.11 Å². The largest absolute Gasteiger partial charge is 0.417 e. The lowest BCUT2D eigenvalue weighted by atomic mass is 10.00. The standard InChI is InChI=1S/C15H11Br2F3O/c16-11-4-1-9(2-5-11)7-14(21)10-3-6-13(17)12(8-10)15(18,19)20/h1-6,8,14,21H,7H2. The van der Waals surface area contributed by atoms with Crippen LogP contribution in [0.2, 0.25) is 0 Å². The molecule has 0 aromatic heterocycles. The van der Waals surface area contributed by atoms with Gasteiger partial charge in [0, 0.05) is 15.4 Å². The average molecular weight is 424 g/mol. The van der Waals surface area contributed by atoms with Crippen LogP contribution in [0.5, 0.6) is 0 Å². The third-order valence-electron chi connectivity index (χ3n) is 3.02. The third kappa shape index (κ3) is 4.31. The van der Waals surface area contributed by atoms with Crippen LogP contribution >= 0.6 is 31.9 Å². The molecule has 1 atom stereocenters. The van der Waals surface area contributed by atoms with Gasteiger partial charge in [0.05, 0.1) is 11.7 Å². The molecule has 0 saturated heterocycles. The Bertz CT molecular complexity index is 624. The SMILES string of the molecule is OC(Cc1ccc(Br)cc1)c1ccc(Br)c(C(F)(F)F)c1. The maximum absolute atomic E-state index is 12.8. The summed E-state index contributed by atoms with van der Waals surface area (Å²) in [4.78, 5) is 0. The van der Waals surface area contributed by atoms with Crippen molar-refractivity contribution in [2.75, 3.05) is 0 Å². The van der Waals surface area contributed by atoms with Gasteiger partial charge in [-0.05, 0) is 35.4 Å². The van der Waals surface area contributed by atoms with Crippen LogP contribution in [-0.2, 0) is 12.6 Å². The van der Waals surface area contributed by atoms with Gasteiger partial charge in [0.25, 0.3) is 0 Å². The first-order valence-electron chi connectivity index (χ1n) is 6.06. The second kappa shape index (κ2) is 6.50. The highest BCUT2D eigenvalue weighted by molar-refractivity contribution is 9.10. The first-order valence-corrected chi connectivity index (χ1v) is 7.65. The zero-order chi connectivity index (χ0) is 15.6. The fourth-order valence-corrected chi connectivity index (χ4v) is 2.66. The molecule has 0 saturated carbocycles. The van der Waals surface area contributed by atoms with Gasteiger partial charge in [0.1, 0.15) is 0 Å². The molecule has 6 heteroatoms. The van der Waals surface area contributed by atoms with Crippen LogP contribution in [0.4, 0.5) is 13.2 Å². The van der Waals surface area contributed by atoms with Crippen molar-refractivity contribution in [3.63, 3.8) is 0 Å². The van der Waals surface area contributed by atoms with E-state index in [0.29, 0.717) is 0 Å². The van der Waals surface area contributed by atoms with Gasteiger partial charge < -0.3 is 5.11 Å². The summed E-state index contributed by atoms with van der Waals surface area (Å²) in [6.45, 7) is 0. The summed E-state index contributed by atoms with van der Waals surface area (Å²) >= 11 is 6.19. The Morgan fingerprint density at radius 3 is 2.19 bits per heavy atom. The average Bonchev–Trinajstić information content (AvgIpc) is 2.40. The van der Waals surface area contributed by atoms with Gasteiger partial charge in [-0.15, -0.1) is 0 Å². The molecule has 112 valence electrons. The van der Waals surface area contributed by atoms with Gasteiger partial charge in [-0.25, -0.2) is 0 Å². The summed E-state index contributed by atoms with van der Waals surface area (Å²) in [5.41, 5.74) is 0.311. The van der Waals surface area contributed by atoms with Crippen molar-refractivity contribution in [1.29, 1.82) is 0 Å². The quantitative estimate of drug-likeness (QED) is 0.690. The Labute approximate surface area is 137 Å². The third-order valence-corrected chi connectivity index (χ3v) is 4.24. The van der Waals surface area contributed by atoms with Crippen LogP contribution in [0, 0.1) is 0 Å². The van der Waals surface area contributed by atoms with Crippen molar-refractivity contribution in [2.45, 2.75) is 18.7 Å². The van der Waals surface area contributed by atoms with Crippen molar-refractivity contribution in [3.05, 3.63) is 68.1 Å². The summed E-state index contributed by atoms with van der Waals surface area (Å²) in [6, 6.07) is 11.1. The molecule has 21 heavy (non-hydrogen) atoms. The van der Waals surface area contributed by atoms with Crippen molar-refractivity contribution >= 4 is 31.9 Å². The molecule has 2 rings (SSSR count). The zero-order valence-corrected chi connectivity index (χ0v) is 13.8. The summed E-state index contributed by atoms with van der Waals surface area (Å²) < 4.78 is 39.4. The molecule has 0 heterocycles. The highest BCUT2D eigenvalue weighted by Crippen LogP contribution is 2.36. The molecule has 2 aromatic carbocycles. The van der Waals surface area contributed by atoms with Crippen molar-refractivity contribution in [1.82, 2.24) is 0 Å². The zero-order valence-electron chi connectivity index (χ0n) is 10.7. The number of halogens is 5. The van der Waals surface area contributed by atoms with Gasteiger partial charge in [0.2, 0.25) is 0 Å². The smallest absolute Gasteiger partial charge is 0.388 e. The van der Waals surface area contributed by atoms with Crippen LogP contribution in [0.25, 0.3) is 0 Å². The van der Waals surface area contributed by atoms with Crippen molar-refractivity contribution in [2.24, 2.45) is 0 Å². The Balaban J connectivity index is 2.23. The minimum atomic E-state index is -4.45. The van der Waals surface area contributed by atoms with E-state index >= 15 is 0 Å². The first kappa shape index (κ1) is 16.5. The molecule has 0 aliphatic carbocycles. The Kier molecular flexibility index (Phi) is 5.11. The molecular formula is C15H11Br2F3O. The Hall–Kier alpha value is -0.850. The van der Waals surface area contributed by atoms with Crippen LogP contribution < -0.4 is 0 Å². The molecule has 0 aliphatic rings. The van der Waals surface area contributed by atoms with Crippen LogP contribution in [0.3, 0.4) is 0 Å². The highest BCUT2D eigenvalue weighted by atomic mass is 79.9. The van der Waals surface area contributed by atoms with E-state index in [2.05, 4.69) is 31.9 Å². The number of benzene rings is 2. The lowest BCUT2D eigenvalue weighted by Gasteiger charge is -2.15. The second-order valence-corrected chi connectivity index (χ2v) is 6.35. The summed E-state index contributed by atoms with van der Waals surface area (Å²) in [5, 5.41) is 10.1. The van der Waals surface area contributed by atoms with Crippen LogP contribution in [0.15, 0.2) is 51.4 Å². The number of hydrogen-bond donors (Lipinski definition) is 1. The highest BCUT2D eigenvalue weighted by Gasteiger charge is 2.33. The Morgan fingerprint density at radius 2 is 1.62 bits per heavy atom. The predicted octanol–water partition coefficient (Wildman–Crippen LogP) is 5.51. The van der Waals surface area contributed by atoms with E-state index in [9.17, 15) is 18.3 Å². The minimum absolute atomic E-state index is 0.0328. The van der Waals surface area contributed by atoms with Gasteiger partial charge in [0.15, 0.2) is 0 Å². The molecule has 1 nitrogen and oxygen atoms in total. The van der Waals surface area contributed by atoms with E-state index in [1.165, 1.54) is 12.1 Å². The van der Waals surface area contributed by atoms with E-state index < -0.39 is 17.8 Å². The van der Waals surface area contributed by atoms with E-state index in [-0.39, 0.29) is 16.5 Å². The molecule has 1 N–H and O–H groups in total. The van der Waals surface area contributed by atoms with Gasteiger partial charge in [-0.3, -0.25) is 0 Å². The maximum atomic E-state index is 12.8. The number of alkyl halides is 3. The molecular weight excluding hydrogens is 413 g/mol. The number of rotatable bonds is 3. The fraction of sp³-hybridized carbons (Fsp3) is 0.200. The van der Waals surface area contributed by atoms with E-state index in [0.717, 1.165) is 16.1 Å². The molecule has 0 fully saturated rings. The molecule has 2 aromatic rings. The monoisotopic (exact) mass is 422 g/mol. The van der Waals surface area contributed by atoms with E-state index in [1.54, 1.807) is 0 Å².